The second kappa shape index (κ2) is 5.64. The predicted octanol–water partition coefficient (Wildman–Crippen LogP) is 3.35. The summed E-state index contributed by atoms with van der Waals surface area (Å²) in [6, 6.07) is 4.20. The van der Waals surface area contributed by atoms with Gasteiger partial charge in [-0.15, -0.1) is 0 Å². The van der Waals surface area contributed by atoms with E-state index < -0.39 is 0 Å². The molecule has 1 heterocycles. The molecule has 0 amide bonds. The van der Waals surface area contributed by atoms with Gasteiger partial charge in [0.15, 0.2) is 24.7 Å². The van der Waals surface area contributed by atoms with Crippen molar-refractivity contribution in [1.29, 1.82) is 0 Å². The summed E-state index contributed by atoms with van der Waals surface area (Å²) in [6.45, 7) is 8.87. The molecule has 0 bridgehead atoms. The Labute approximate surface area is 114 Å². The number of rotatable bonds is 3. The second-order valence-corrected chi connectivity index (χ2v) is 5.88. The molecule has 1 aromatic rings. The van der Waals surface area contributed by atoms with Crippen molar-refractivity contribution in [2.75, 3.05) is 13.2 Å². The van der Waals surface area contributed by atoms with E-state index in [1.54, 1.807) is 0 Å². The molecule has 3 nitrogen and oxygen atoms in total. The number of hydrogen-bond donors (Lipinski definition) is 0. The van der Waals surface area contributed by atoms with Crippen molar-refractivity contribution < 1.29 is 14.3 Å². The molecule has 0 fully saturated rings. The number of benzene rings is 1. The normalized spacial score (nSPS) is 14.9. The molecule has 0 N–H and O–H groups in total. The van der Waals surface area contributed by atoms with Crippen LogP contribution < -0.4 is 9.47 Å². The summed E-state index contributed by atoms with van der Waals surface area (Å²) >= 11 is 0. The summed E-state index contributed by atoms with van der Waals surface area (Å²) in [7, 11) is 0. The minimum absolute atomic E-state index is 0.0173. The quantitative estimate of drug-likeness (QED) is 0.838. The predicted molar refractivity (Wildman–Crippen MR) is 75.1 cm³/mol. The van der Waals surface area contributed by atoms with Crippen LogP contribution in [-0.4, -0.2) is 19.0 Å². The highest BCUT2D eigenvalue weighted by Crippen LogP contribution is 2.38. The third kappa shape index (κ3) is 3.28. The maximum absolute atomic E-state index is 11.4. The smallest absolute Gasteiger partial charge is 0.207 e. The van der Waals surface area contributed by atoms with Crippen molar-refractivity contribution in [2.24, 2.45) is 5.92 Å². The average Bonchev–Trinajstić information content (AvgIpc) is 2.50. The third-order valence-corrected chi connectivity index (χ3v) is 3.18. The van der Waals surface area contributed by atoms with Gasteiger partial charge in [-0.05, 0) is 29.9 Å². The van der Waals surface area contributed by atoms with Crippen LogP contribution in [0.3, 0.4) is 0 Å². The van der Waals surface area contributed by atoms with Gasteiger partial charge in [0.05, 0.1) is 0 Å². The van der Waals surface area contributed by atoms with Crippen molar-refractivity contribution in [3.63, 3.8) is 0 Å². The molecular weight excluding hydrogens is 240 g/mol. The first kappa shape index (κ1) is 13.9. The van der Waals surface area contributed by atoms with Gasteiger partial charge in [-0.1, -0.05) is 33.8 Å². The topological polar surface area (TPSA) is 35.5 Å². The van der Waals surface area contributed by atoms with Crippen LogP contribution in [0.2, 0.25) is 0 Å². The van der Waals surface area contributed by atoms with E-state index in [0.29, 0.717) is 17.6 Å². The molecule has 1 aliphatic heterocycles. The second-order valence-electron chi connectivity index (χ2n) is 5.88. The lowest BCUT2D eigenvalue weighted by atomic mass is 9.95. The van der Waals surface area contributed by atoms with Crippen LogP contribution in [0.1, 0.15) is 44.7 Å². The lowest BCUT2D eigenvalue weighted by Gasteiger charge is -2.17. The van der Waals surface area contributed by atoms with Crippen LogP contribution in [0, 0.1) is 5.92 Å². The van der Waals surface area contributed by atoms with Gasteiger partial charge in [-0.2, -0.15) is 0 Å². The van der Waals surface area contributed by atoms with Gasteiger partial charge in [-0.3, -0.25) is 4.79 Å². The fourth-order valence-corrected chi connectivity index (χ4v) is 2.32. The summed E-state index contributed by atoms with van der Waals surface area (Å²) in [6.07, 6.45) is 1.00. The summed E-state index contributed by atoms with van der Waals surface area (Å²) in [5, 5.41) is 0. The van der Waals surface area contributed by atoms with Gasteiger partial charge in [0, 0.05) is 5.56 Å². The van der Waals surface area contributed by atoms with Crippen molar-refractivity contribution in [3.05, 3.63) is 23.3 Å². The van der Waals surface area contributed by atoms with Gasteiger partial charge >= 0.3 is 0 Å². The molecule has 3 heteroatoms. The summed E-state index contributed by atoms with van der Waals surface area (Å²) in [4.78, 5) is 11.4. The molecule has 0 spiro atoms. The summed E-state index contributed by atoms with van der Waals surface area (Å²) in [5.74, 6) is 2.38. The van der Waals surface area contributed by atoms with Crippen LogP contribution in [0.15, 0.2) is 12.1 Å². The molecule has 1 aliphatic rings. The molecule has 2 rings (SSSR count). The highest BCUT2D eigenvalue weighted by molar-refractivity contribution is 5.82. The number of carbonyl (C=O) groups excluding carboxylic acids is 1. The first-order chi connectivity index (χ1) is 8.97. The molecule has 19 heavy (non-hydrogen) atoms. The third-order valence-electron chi connectivity index (χ3n) is 3.18. The Morgan fingerprint density at radius 1 is 1.11 bits per heavy atom. The van der Waals surface area contributed by atoms with E-state index in [2.05, 4.69) is 33.8 Å². The number of ether oxygens (including phenoxy) is 2. The zero-order valence-corrected chi connectivity index (χ0v) is 12.2. The van der Waals surface area contributed by atoms with Crippen molar-refractivity contribution in [2.45, 2.75) is 40.0 Å². The van der Waals surface area contributed by atoms with E-state index in [0.717, 1.165) is 17.7 Å². The maximum atomic E-state index is 11.4. The van der Waals surface area contributed by atoms with Gasteiger partial charge in [-0.25, -0.2) is 0 Å². The van der Waals surface area contributed by atoms with Crippen molar-refractivity contribution >= 4 is 5.78 Å². The zero-order chi connectivity index (χ0) is 14.0. The standard InChI is InChI=1S/C16H22O3/c1-10(2)5-12-6-14(11(3)4)16-15(7-12)18-8-13(17)9-19-16/h6-7,10-11H,5,8-9H2,1-4H3. The van der Waals surface area contributed by atoms with Gasteiger partial charge in [0.25, 0.3) is 0 Å². The molecule has 0 aromatic heterocycles. The van der Waals surface area contributed by atoms with Crippen LogP contribution in [0.5, 0.6) is 11.5 Å². The van der Waals surface area contributed by atoms with Crippen LogP contribution in [-0.2, 0) is 11.2 Å². The minimum Gasteiger partial charge on any atom is -0.482 e. The minimum atomic E-state index is -0.0173. The Balaban J connectivity index is 2.43. The fraction of sp³-hybridized carbons (Fsp3) is 0.562. The van der Waals surface area contributed by atoms with E-state index in [4.69, 9.17) is 9.47 Å². The number of fused-ring (bicyclic) bond motifs is 1. The largest absolute Gasteiger partial charge is 0.482 e. The molecule has 104 valence electrons. The Morgan fingerprint density at radius 3 is 2.42 bits per heavy atom. The number of ketones is 1. The molecule has 0 unspecified atom stereocenters. The molecule has 0 radical (unpaired) electrons. The molecule has 0 saturated heterocycles. The Kier molecular flexibility index (Phi) is 4.13. The van der Waals surface area contributed by atoms with Gasteiger partial charge in [0.2, 0.25) is 5.78 Å². The van der Waals surface area contributed by atoms with Gasteiger partial charge < -0.3 is 9.47 Å². The zero-order valence-electron chi connectivity index (χ0n) is 12.2. The number of carbonyl (C=O) groups is 1. The van der Waals surface area contributed by atoms with Crippen LogP contribution in [0.25, 0.3) is 0 Å². The highest BCUT2D eigenvalue weighted by atomic mass is 16.5. The maximum Gasteiger partial charge on any atom is 0.207 e. The molecular formula is C16H22O3. The van der Waals surface area contributed by atoms with Crippen molar-refractivity contribution in [1.82, 2.24) is 0 Å². The molecule has 1 aromatic carbocycles. The first-order valence-corrected chi connectivity index (χ1v) is 6.91. The lowest BCUT2D eigenvalue weighted by molar-refractivity contribution is -0.122. The molecule has 0 aliphatic carbocycles. The number of hydrogen-bond acceptors (Lipinski definition) is 3. The summed E-state index contributed by atoms with van der Waals surface area (Å²) in [5.41, 5.74) is 2.37. The Hall–Kier alpha value is -1.51. The van der Waals surface area contributed by atoms with Crippen LogP contribution >= 0.6 is 0 Å². The van der Waals surface area contributed by atoms with Gasteiger partial charge in [0.1, 0.15) is 0 Å². The summed E-state index contributed by atoms with van der Waals surface area (Å²) < 4.78 is 11.2. The fourth-order valence-electron chi connectivity index (χ4n) is 2.32. The average molecular weight is 262 g/mol. The van der Waals surface area contributed by atoms with E-state index >= 15 is 0 Å². The SMILES string of the molecule is CC(C)Cc1cc2c(c(C(C)C)c1)OCC(=O)CO2. The Bertz CT molecular complexity index is 475. The van der Waals surface area contributed by atoms with E-state index in [1.807, 2.05) is 6.07 Å². The monoisotopic (exact) mass is 262 g/mol. The van der Waals surface area contributed by atoms with Crippen molar-refractivity contribution in [3.8, 4) is 11.5 Å². The van der Waals surface area contributed by atoms with E-state index in [-0.39, 0.29) is 19.0 Å². The molecule has 0 saturated carbocycles. The van der Waals surface area contributed by atoms with Crippen LogP contribution in [0.4, 0.5) is 0 Å². The van der Waals surface area contributed by atoms with E-state index in [9.17, 15) is 4.79 Å². The Morgan fingerprint density at radius 2 is 1.79 bits per heavy atom. The highest BCUT2D eigenvalue weighted by Gasteiger charge is 2.21. The number of Topliss-reactive ketones (excluding diaryl/α,β-unsaturated/α-hetero) is 1. The lowest BCUT2D eigenvalue weighted by Crippen LogP contribution is -2.15. The molecule has 0 atom stereocenters. The van der Waals surface area contributed by atoms with E-state index in [1.165, 1.54) is 5.56 Å². The first-order valence-electron chi connectivity index (χ1n) is 6.91.